The minimum Gasteiger partial charge on any atom is -0.506 e. The van der Waals surface area contributed by atoms with Crippen LogP contribution < -0.4 is 14.8 Å². The smallest absolute Gasteiger partial charge is 0.255 e. The molecule has 5 nitrogen and oxygen atoms in total. The lowest BCUT2D eigenvalue weighted by Crippen LogP contribution is -2.17. The van der Waals surface area contributed by atoms with Crippen molar-refractivity contribution in [3.8, 4) is 17.2 Å². The van der Waals surface area contributed by atoms with Crippen molar-refractivity contribution in [3.05, 3.63) is 47.5 Å². The van der Waals surface area contributed by atoms with Gasteiger partial charge >= 0.3 is 0 Å². The highest BCUT2D eigenvalue weighted by Crippen LogP contribution is 2.32. The van der Waals surface area contributed by atoms with Gasteiger partial charge in [0.1, 0.15) is 19.0 Å². The molecule has 0 aliphatic carbocycles. The highest BCUT2D eigenvalue weighted by molar-refractivity contribution is 6.05. The summed E-state index contributed by atoms with van der Waals surface area (Å²) >= 11 is 0. The summed E-state index contributed by atoms with van der Waals surface area (Å²) in [5.74, 6) is 1.30. The highest BCUT2D eigenvalue weighted by Gasteiger charge is 2.16. The molecule has 24 heavy (non-hydrogen) atoms. The summed E-state index contributed by atoms with van der Waals surface area (Å²) in [4.78, 5) is 12.5. The van der Waals surface area contributed by atoms with E-state index in [1.54, 1.807) is 24.3 Å². The number of fused-ring (bicyclic) bond motifs is 1. The standard InChI is InChI=1S/C19H21NO4/c1-3-12(2)13-4-6-16(21)15(10-13)20-19(22)14-5-7-17-18(11-14)24-9-8-23-17/h4-7,10-12,21H,3,8-9H2,1-2H3,(H,20,22). The third kappa shape index (κ3) is 3.30. The van der Waals surface area contributed by atoms with Crippen molar-refractivity contribution >= 4 is 11.6 Å². The van der Waals surface area contributed by atoms with Gasteiger partial charge in [-0.2, -0.15) is 0 Å². The number of ether oxygens (including phenoxy) is 2. The zero-order valence-electron chi connectivity index (χ0n) is 13.8. The minimum atomic E-state index is -0.302. The SMILES string of the molecule is CCC(C)c1ccc(O)c(NC(=O)c2ccc3c(c2)OCCO3)c1. The first-order valence-electron chi connectivity index (χ1n) is 8.12. The molecule has 1 aliphatic rings. The van der Waals surface area contributed by atoms with E-state index in [9.17, 15) is 9.90 Å². The van der Waals surface area contributed by atoms with Gasteiger partial charge in [-0.05, 0) is 48.2 Å². The van der Waals surface area contributed by atoms with E-state index in [0.29, 0.717) is 41.9 Å². The molecule has 126 valence electrons. The van der Waals surface area contributed by atoms with Crippen LogP contribution in [0, 0.1) is 0 Å². The molecule has 1 heterocycles. The number of hydrogen-bond acceptors (Lipinski definition) is 4. The predicted molar refractivity (Wildman–Crippen MR) is 92.2 cm³/mol. The Balaban J connectivity index is 1.82. The summed E-state index contributed by atoms with van der Waals surface area (Å²) in [5.41, 5.74) is 1.94. The Morgan fingerprint density at radius 2 is 1.92 bits per heavy atom. The van der Waals surface area contributed by atoms with Gasteiger partial charge in [0.2, 0.25) is 0 Å². The molecular weight excluding hydrogens is 306 g/mol. The van der Waals surface area contributed by atoms with E-state index in [1.165, 1.54) is 0 Å². The number of carbonyl (C=O) groups excluding carboxylic acids is 1. The molecule has 1 atom stereocenters. The Kier molecular flexibility index (Phi) is 4.60. The van der Waals surface area contributed by atoms with Crippen LogP contribution in [0.25, 0.3) is 0 Å². The zero-order chi connectivity index (χ0) is 17.1. The fraction of sp³-hybridized carbons (Fsp3) is 0.316. The number of phenols is 1. The van der Waals surface area contributed by atoms with Gasteiger partial charge in [-0.25, -0.2) is 0 Å². The molecule has 0 saturated heterocycles. The number of rotatable bonds is 4. The van der Waals surface area contributed by atoms with Gasteiger partial charge in [0.05, 0.1) is 5.69 Å². The van der Waals surface area contributed by atoms with Crippen molar-refractivity contribution in [2.24, 2.45) is 0 Å². The summed E-state index contributed by atoms with van der Waals surface area (Å²) in [7, 11) is 0. The molecule has 0 bridgehead atoms. The number of aromatic hydroxyl groups is 1. The first kappa shape index (κ1) is 16.2. The Labute approximate surface area is 141 Å². The van der Waals surface area contributed by atoms with Gasteiger partial charge in [0.25, 0.3) is 5.91 Å². The average Bonchev–Trinajstić information content (AvgIpc) is 2.62. The summed E-state index contributed by atoms with van der Waals surface area (Å²) in [6.45, 7) is 5.19. The zero-order valence-corrected chi connectivity index (χ0v) is 13.8. The number of amides is 1. The van der Waals surface area contributed by atoms with E-state index in [4.69, 9.17) is 9.47 Å². The fourth-order valence-electron chi connectivity index (χ4n) is 2.58. The number of nitrogens with one attached hydrogen (secondary N) is 1. The molecule has 1 amide bonds. The Morgan fingerprint density at radius 1 is 1.17 bits per heavy atom. The molecule has 3 rings (SSSR count). The maximum atomic E-state index is 12.5. The summed E-state index contributed by atoms with van der Waals surface area (Å²) in [5, 5.41) is 12.8. The van der Waals surface area contributed by atoms with Crippen molar-refractivity contribution in [1.29, 1.82) is 0 Å². The quantitative estimate of drug-likeness (QED) is 0.835. The van der Waals surface area contributed by atoms with E-state index in [1.807, 2.05) is 12.1 Å². The van der Waals surface area contributed by atoms with Crippen LogP contribution in [-0.2, 0) is 0 Å². The molecular formula is C19H21NO4. The lowest BCUT2D eigenvalue weighted by molar-refractivity contribution is 0.102. The van der Waals surface area contributed by atoms with E-state index in [0.717, 1.165) is 12.0 Å². The molecule has 0 radical (unpaired) electrons. The number of benzene rings is 2. The van der Waals surface area contributed by atoms with E-state index < -0.39 is 0 Å². The van der Waals surface area contributed by atoms with Crippen LogP contribution in [0.3, 0.4) is 0 Å². The van der Waals surface area contributed by atoms with E-state index in [2.05, 4.69) is 19.2 Å². The molecule has 2 aromatic rings. The molecule has 0 fully saturated rings. The normalized spacial score (nSPS) is 14.1. The van der Waals surface area contributed by atoms with Crippen LogP contribution in [0.4, 0.5) is 5.69 Å². The summed E-state index contributed by atoms with van der Waals surface area (Å²) in [6, 6.07) is 10.4. The first-order valence-corrected chi connectivity index (χ1v) is 8.12. The van der Waals surface area contributed by atoms with Crippen molar-refractivity contribution in [2.75, 3.05) is 18.5 Å². The van der Waals surface area contributed by atoms with Crippen LogP contribution in [0.2, 0.25) is 0 Å². The second kappa shape index (κ2) is 6.83. The monoisotopic (exact) mass is 327 g/mol. The second-order valence-corrected chi connectivity index (χ2v) is 5.90. The van der Waals surface area contributed by atoms with E-state index >= 15 is 0 Å². The van der Waals surface area contributed by atoms with Crippen molar-refractivity contribution in [3.63, 3.8) is 0 Å². The molecule has 5 heteroatoms. The van der Waals surface area contributed by atoms with Gasteiger partial charge in [-0.15, -0.1) is 0 Å². The Morgan fingerprint density at radius 3 is 2.67 bits per heavy atom. The second-order valence-electron chi connectivity index (χ2n) is 5.90. The number of carbonyl (C=O) groups is 1. The lowest BCUT2D eigenvalue weighted by atomic mass is 9.98. The van der Waals surface area contributed by atoms with Crippen LogP contribution in [-0.4, -0.2) is 24.2 Å². The van der Waals surface area contributed by atoms with Crippen LogP contribution in [0.5, 0.6) is 17.2 Å². The molecule has 0 saturated carbocycles. The van der Waals surface area contributed by atoms with Crippen molar-refractivity contribution in [1.82, 2.24) is 0 Å². The highest BCUT2D eigenvalue weighted by atomic mass is 16.6. The molecule has 2 N–H and O–H groups in total. The van der Waals surface area contributed by atoms with Crippen LogP contribution >= 0.6 is 0 Å². The largest absolute Gasteiger partial charge is 0.506 e. The topological polar surface area (TPSA) is 67.8 Å². The van der Waals surface area contributed by atoms with Crippen molar-refractivity contribution in [2.45, 2.75) is 26.2 Å². The maximum absolute atomic E-state index is 12.5. The number of hydrogen-bond donors (Lipinski definition) is 2. The third-order valence-electron chi connectivity index (χ3n) is 4.25. The number of anilines is 1. The molecule has 1 aliphatic heterocycles. The van der Waals surface area contributed by atoms with E-state index in [-0.39, 0.29) is 11.7 Å². The predicted octanol–water partition coefficient (Wildman–Crippen LogP) is 3.93. The number of phenolic OH excluding ortho intramolecular Hbond substituents is 1. The van der Waals surface area contributed by atoms with Gasteiger partial charge in [-0.1, -0.05) is 19.9 Å². The summed E-state index contributed by atoms with van der Waals surface area (Å²) in [6.07, 6.45) is 0.986. The Hall–Kier alpha value is -2.69. The van der Waals surface area contributed by atoms with Gasteiger partial charge in [0.15, 0.2) is 11.5 Å². The van der Waals surface area contributed by atoms with Gasteiger partial charge in [-0.3, -0.25) is 4.79 Å². The molecule has 1 unspecified atom stereocenters. The molecule has 0 aromatic heterocycles. The minimum absolute atomic E-state index is 0.0490. The fourth-order valence-corrected chi connectivity index (χ4v) is 2.58. The molecule has 0 spiro atoms. The lowest BCUT2D eigenvalue weighted by Gasteiger charge is -2.19. The Bertz CT molecular complexity index is 757. The maximum Gasteiger partial charge on any atom is 0.255 e. The van der Waals surface area contributed by atoms with Crippen LogP contribution in [0.1, 0.15) is 42.1 Å². The third-order valence-corrected chi connectivity index (χ3v) is 4.25. The van der Waals surface area contributed by atoms with Gasteiger partial charge in [0, 0.05) is 5.56 Å². The van der Waals surface area contributed by atoms with Gasteiger partial charge < -0.3 is 19.9 Å². The van der Waals surface area contributed by atoms with Crippen molar-refractivity contribution < 1.29 is 19.4 Å². The molecule has 2 aromatic carbocycles. The van der Waals surface area contributed by atoms with Crippen LogP contribution in [0.15, 0.2) is 36.4 Å². The average molecular weight is 327 g/mol. The first-order chi connectivity index (χ1) is 11.6. The summed E-state index contributed by atoms with van der Waals surface area (Å²) < 4.78 is 11.0.